The van der Waals surface area contributed by atoms with Gasteiger partial charge in [-0.15, -0.1) is 10.2 Å². The minimum Gasteiger partial charge on any atom is -0.444 e. The summed E-state index contributed by atoms with van der Waals surface area (Å²) in [6.45, 7) is 6.53. The Balaban J connectivity index is 1.92. The van der Waals surface area contributed by atoms with E-state index in [1.807, 2.05) is 20.8 Å². The number of hydrogen-bond acceptors (Lipinski definition) is 5. The Labute approximate surface area is 140 Å². The van der Waals surface area contributed by atoms with Crippen molar-refractivity contribution in [1.29, 1.82) is 0 Å². The van der Waals surface area contributed by atoms with Crippen LogP contribution < -0.4 is 5.32 Å². The fourth-order valence-corrected chi connectivity index (χ4v) is 2.38. The Bertz CT molecular complexity index is 571. The van der Waals surface area contributed by atoms with Gasteiger partial charge in [0.15, 0.2) is 10.8 Å². The predicted molar refractivity (Wildman–Crippen MR) is 85.3 cm³/mol. The fraction of sp³-hybridized carbons (Fsp3) is 0.600. The minimum absolute atomic E-state index is 0.138. The van der Waals surface area contributed by atoms with Crippen molar-refractivity contribution in [3.63, 3.8) is 0 Å². The molecule has 0 bridgehead atoms. The van der Waals surface area contributed by atoms with Gasteiger partial charge >= 0.3 is 6.09 Å². The number of likely N-dealkylation sites (tertiary alicyclic amines) is 1. The number of carbonyl (C=O) groups is 2. The first-order chi connectivity index (χ1) is 10.7. The first kappa shape index (κ1) is 17.5. The average molecular weight is 341 g/mol. The number of amides is 2. The molecule has 1 aliphatic rings. The lowest BCUT2D eigenvalue weighted by atomic mass is 10.1. The summed E-state index contributed by atoms with van der Waals surface area (Å²) >= 11 is 5.65. The maximum absolute atomic E-state index is 12.1. The Kier molecular flexibility index (Phi) is 5.41. The predicted octanol–water partition coefficient (Wildman–Crippen LogP) is 2.26. The van der Waals surface area contributed by atoms with Crippen molar-refractivity contribution >= 4 is 23.6 Å². The van der Waals surface area contributed by atoms with Crippen LogP contribution in [0.5, 0.6) is 0 Å². The molecular formula is C15H21ClN4O3. The van der Waals surface area contributed by atoms with Gasteiger partial charge in [-0.25, -0.2) is 4.79 Å². The van der Waals surface area contributed by atoms with E-state index in [1.54, 1.807) is 4.90 Å². The number of piperidine rings is 1. The zero-order chi connectivity index (χ0) is 17.0. The van der Waals surface area contributed by atoms with Crippen LogP contribution in [0.25, 0.3) is 0 Å². The molecule has 1 unspecified atom stereocenters. The monoisotopic (exact) mass is 340 g/mol. The van der Waals surface area contributed by atoms with E-state index in [2.05, 4.69) is 15.5 Å². The number of nitrogens with zero attached hydrogens (tertiary/aromatic N) is 3. The van der Waals surface area contributed by atoms with Crippen LogP contribution in [0.2, 0.25) is 5.15 Å². The molecule has 0 saturated carbocycles. The van der Waals surface area contributed by atoms with E-state index < -0.39 is 5.60 Å². The second kappa shape index (κ2) is 7.12. The van der Waals surface area contributed by atoms with Gasteiger partial charge in [0.1, 0.15) is 5.60 Å². The smallest absolute Gasteiger partial charge is 0.410 e. The third kappa shape index (κ3) is 5.35. The van der Waals surface area contributed by atoms with Gasteiger partial charge in [0, 0.05) is 19.1 Å². The van der Waals surface area contributed by atoms with Gasteiger partial charge in [0.2, 0.25) is 0 Å². The van der Waals surface area contributed by atoms with Crippen LogP contribution in [0, 0.1) is 0 Å². The second-order valence-corrected chi connectivity index (χ2v) is 6.87. The summed E-state index contributed by atoms with van der Waals surface area (Å²) in [4.78, 5) is 25.9. The molecule has 0 radical (unpaired) electrons. The van der Waals surface area contributed by atoms with Crippen molar-refractivity contribution in [2.45, 2.75) is 45.3 Å². The van der Waals surface area contributed by atoms with Gasteiger partial charge in [0.05, 0.1) is 0 Å². The Hall–Kier alpha value is -1.89. The Morgan fingerprint density at radius 3 is 2.70 bits per heavy atom. The molecule has 2 amide bonds. The molecule has 0 spiro atoms. The van der Waals surface area contributed by atoms with Gasteiger partial charge in [-0.3, -0.25) is 4.79 Å². The fourth-order valence-electron chi connectivity index (χ4n) is 2.28. The molecule has 2 heterocycles. The van der Waals surface area contributed by atoms with E-state index in [1.165, 1.54) is 12.1 Å². The van der Waals surface area contributed by atoms with E-state index in [9.17, 15) is 9.59 Å². The van der Waals surface area contributed by atoms with Gasteiger partial charge in [-0.1, -0.05) is 11.6 Å². The standard InChI is InChI=1S/C15H21ClN4O3/c1-15(2,3)23-14(22)20-8-4-5-10(9-20)17-13(21)11-6-7-12(16)19-18-11/h6-7,10H,4-5,8-9H2,1-3H3,(H,17,21). The molecule has 23 heavy (non-hydrogen) atoms. The molecule has 0 aromatic carbocycles. The summed E-state index contributed by atoms with van der Waals surface area (Å²) in [5, 5.41) is 10.5. The first-order valence-corrected chi connectivity index (χ1v) is 7.90. The minimum atomic E-state index is -0.536. The highest BCUT2D eigenvalue weighted by atomic mass is 35.5. The lowest BCUT2D eigenvalue weighted by Crippen LogP contribution is -2.50. The van der Waals surface area contributed by atoms with Crippen LogP contribution in [-0.2, 0) is 4.74 Å². The number of aromatic nitrogens is 2. The lowest BCUT2D eigenvalue weighted by Gasteiger charge is -2.34. The number of nitrogens with one attached hydrogen (secondary N) is 1. The molecule has 1 aliphatic heterocycles. The van der Waals surface area contributed by atoms with Crippen LogP contribution in [0.4, 0.5) is 4.79 Å². The van der Waals surface area contributed by atoms with Crippen LogP contribution in [0.15, 0.2) is 12.1 Å². The third-order valence-electron chi connectivity index (χ3n) is 3.27. The summed E-state index contributed by atoms with van der Waals surface area (Å²) in [6.07, 6.45) is 1.24. The molecule has 1 saturated heterocycles. The third-order valence-corrected chi connectivity index (χ3v) is 3.47. The molecule has 0 aliphatic carbocycles. The van der Waals surface area contributed by atoms with Gasteiger partial charge in [0.25, 0.3) is 5.91 Å². The van der Waals surface area contributed by atoms with Crippen molar-refractivity contribution in [1.82, 2.24) is 20.4 Å². The first-order valence-electron chi connectivity index (χ1n) is 7.52. The van der Waals surface area contributed by atoms with E-state index in [-0.39, 0.29) is 28.9 Å². The van der Waals surface area contributed by atoms with E-state index in [0.29, 0.717) is 13.1 Å². The van der Waals surface area contributed by atoms with Crippen LogP contribution in [-0.4, -0.2) is 51.8 Å². The quantitative estimate of drug-likeness (QED) is 0.892. The molecule has 7 nitrogen and oxygen atoms in total. The average Bonchev–Trinajstić information content (AvgIpc) is 2.46. The highest BCUT2D eigenvalue weighted by molar-refractivity contribution is 6.29. The van der Waals surface area contributed by atoms with Crippen LogP contribution >= 0.6 is 11.6 Å². The molecule has 126 valence electrons. The molecule has 2 rings (SSSR count). The van der Waals surface area contributed by atoms with Crippen molar-refractivity contribution in [3.8, 4) is 0 Å². The van der Waals surface area contributed by atoms with Gasteiger partial charge < -0.3 is 15.0 Å². The van der Waals surface area contributed by atoms with E-state index in [4.69, 9.17) is 16.3 Å². The highest BCUT2D eigenvalue weighted by Gasteiger charge is 2.28. The van der Waals surface area contributed by atoms with Gasteiger partial charge in [-0.2, -0.15) is 0 Å². The highest BCUT2D eigenvalue weighted by Crippen LogP contribution is 2.15. The number of halogens is 1. The zero-order valence-corrected chi connectivity index (χ0v) is 14.3. The van der Waals surface area contributed by atoms with Crippen molar-refractivity contribution in [2.75, 3.05) is 13.1 Å². The van der Waals surface area contributed by atoms with E-state index >= 15 is 0 Å². The topological polar surface area (TPSA) is 84.4 Å². The molecular weight excluding hydrogens is 320 g/mol. The number of carbonyl (C=O) groups excluding carboxylic acids is 2. The summed E-state index contributed by atoms with van der Waals surface area (Å²) in [5.74, 6) is -0.329. The number of rotatable bonds is 2. The SMILES string of the molecule is CC(C)(C)OC(=O)N1CCCC(NC(=O)c2ccc(Cl)nn2)C1. The maximum atomic E-state index is 12.1. The zero-order valence-electron chi connectivity index (χ0n) is 13.5. The number of ether oxygens (including phenoxy) is 1. The second-order valence-electron chi connectivity index (χ2n) is 6.48. The lowest BCUT2D eigenvalue weighted by molar-refractivity contribution is 0.0185. The Morgan fingerprint density at radius 1 is 1.35 bits per heavy atom. The van der Waals surface area contributed by atoms with E-state index in [0.717, 1.165) is 12.8 Å². The Morgan fingerprint density at radius 2 is 2.09 bits per heavy atom. The van der Waals surface area contributed by atoms with Gasteiger partial charge in [-0.05, 0) is 45.7 Å². The largest absolute Gasteiger partial charge is 0.444 e. The molecule has 8 heteroatoms. The summed E-state index contributed by atoms with van der Waals surface area (Å²) < 4.78 is 5.37. The molecule has 1 N–H and O–H groups in total. The summed E-state index contributed by atoms with van der Waals surface area (Å²) in [6, 6.07) is 2.89. The molecule has 1 fully saturated rings. The molecule has 1 aromatic rings. The van der Waals surface area contributed by atoms with Crippen molar-refractivity contribution < 1.29 is 14.3 Å². The summed E-state index contributed by atoms with van der Waals surface area (Å²) in [7, 11) is 0. The number of hydrogen-bond donors (Lipinski definition) is 1. The molecule has 1 aromatic heterocycles. The molecule has 1 atom stereocenters. The normalized spacial score (nSPS) is 18.4. The van der Waals surface area contributed by atoms with Crippen LogP contribution in [0.3, 0.4) is 0 Å². The maximum Gasteiger partial charge on any atom is 0.410 e. The van der Waals surface area contributed by atoms with Crippen molar-refractivity contribution in [3.05, 3.63) is 23.0 Å². The summed E-state index contributed by atoms with van der Waals surface area (Å²) in [5.41, 5.74) is -0.338. The van der Waals surface area contributed by atoms with Crippen LogP contribution in [0.1, 0.15) is 44.1 Å². The van der Waals surface area contributed by atoms with Crippen molar-refractivity contribution in [2.24, 2.45) is 0 Å².